The van der Waals surface area contributed by atoms with Gasteiger partial charge in [-0.25, -0.2) is 0 Å². The fourth-order valence-electron chi connectivity index (χ4n) is 13.0. The number of nitrogens with one attached hydrogen (secondary N) is 1. The number of amides is 1. The Labute approximate surface area is 615 Å². The lowest BCUT2D eigenvalue weighted by molar-refractivity contribution is -0.379. The molecule has 0 spiro atoms. The summed E-state index contributed by atoms with van der Waals surface area (Å²) in [6, 6.07) is -0.916. The quantitative estimate of drug-likeness (QED) is 0.0199. The Kier molecular flexibility index (Phi) is 56.8. The molecule has 19 nitrogen and oxygen atoms in total. The molecule has 3 aliphatic rings. The van der Waals surface area contributed by atoms with Crippen molar-refractivity contribution >= 4 is 5.91 Å². The van der Waals surface area contributed by atoms with Crippen LogP contribution in [0.15, 0.2) is 109 Å². The van der Waals surface area contributed by atoms with Crippen molar-refractivity contribution in [3.05, 3.63) is 109 Å². The molecule has 3 fully saturated rings. The van der Waals surface area contributed by atoms with Gasteiger partial charge in [-0.3, -0.25) is 4.79 Å². The number of allylic oxidation sites excluding steroid dienone is 18. The van der Waals surface area contributed by atoms with Crippen molar-refractivity contribution in [1.82, 2.24) is 5.32 Å². The third-order valence-corrected chi connectivity index (χ3v) is 19.4. The molecule has 0 saturated carbocycles. The second kappa shape index (κ2) is 62.5. The lowest BCUT2D eigenvalue weighted by atomic mass is 9.96. The summed E-state index contributed by atoms with van der Waals surface area (Å²) in [5, 5.41) is 121. The summed E-state index contributed by atoms with van der Waals surface area (Å²) in [4.78, 5) is 13.5. The molecule has 1 amide bonds. The lowest BCUT2D eigenvalue weighted by Gasteiger charge is -2.48. The maximum absolute atomic E-state index is 13.5. The first-order valence-corrected chi connectivity index (χ1v) is 40.1. The largest absolute Gasteiger partial charge is 0.394 e. The second-order valence-corrected chi connectivity index (χ2v) is 28.2. The van der Waals surface area contributed by atoms with E-state index in [1.165, 1.54) is 141 Å². The molecule has 102 heavy (non-hydrogen) atoms. The zero-order chi connectivity index (χ0) is 73.9. The predicted octanol–water partition coefficient (Wildman–Crippen LogP) is 13.3. The lowest BCUT2D eigenvalue weighted by Crippen LogP contribution is -2.66. The van der Waals surface area contributed by atoms with Crippen molar-refractivity contribution in [3.8, 4) is 0 Å². The molecule has 3 rings (SSSR count). The molecule has 0 aromatic carbocycles. The number of unbranched alkanes of at least 4 members (excludes halogenated alkanes) is 28. The average molecular weight is 1440 g/mol. The van der Waals surface area contributed by atoms with Crippen molar-refractivity contribution in [2.45, 2.75) is 381 Å². The number of rotatable bonds is 62. The first-order chi connectivity index (χ1) is 49.8. The normalized spacial score (nSPS) is 26.8. The minimum atomic E-state index is -1.98. The van der Waals surface area contributed by atoms with E-state index in [0.29, 0.717) is 19.3 Å². The molecule has 19 heteroatoms. The van der Waals surface area contributed by atoms with Crippen molar-refractivity contribution in [2.75, 3.05) is 26.4 Å². The first kappa shape index (κ1) is 92.7. The van der Waals surface area contributed by atoms with Gasteiger partial charge in [-0.15, -0.1) is 0 Å². The monoisotopic (exact) mass is 1440 g/mol. The topological polar surface area (TPSA) is 307 Å². The van der Waals surface area contributed by atoms with Gasteiger partial charge in [0.1, 0.15) is 73.2 Å². The van der Waals surface area contributed by atoms with Gasteiger partial charge < -0.3 is 89.9 Å². The van der Waals surface area contributed by atoms with E-state index in [1.807, 2.05) is 0 Å². The maximum Gasteiger partial charge on any atom is 0.220 e. The van der Waals surface area contributed by atoms with Gasteiger partial charge in [0, 0.05) is 6.42 Å². The van der Waals surface area contributed by atoms with Gasteiger partial charge in [0.15, 0.2) is 18.9 Å². The van der Waals surface area contributed by atoms with Crippen LogP contribution in [-0.4, -0.2) is 193 Å². The van der Waals surface area contributed by atoms with Gasteiger partial charge in [-0.2, -0.15) is 0 Å². The summed E-state index contributed by atoms with van der Waals surface area (Å²) in [5.41, 5.74) is 0. The summed E-state index contributed by atoms with van der Waals surface area (Å²) in [7, 11) is 0. The molecule has 0 bridgehead atoms. The summed E-state index contributed by atoms with van der Waals surface area (Å²) in [6.45, 7) is 1.68. The number of carbonyl (C=O) groups is 1. The van der Waals surface area contributed by atoms with Crippen LogP contribution in [0.4, 0.5) is 0 Å². The van der Waals surface area contributed by atoms with Gasteiger partial charge in [-0.1, -0.05) is 297 Å². The van der Waals surface area contributed by atoms with E-state index in [4.69, 9.17) is 28.4 Å². The van der Waals surface area contributed by atoms with Crippen molar-refractivity contribution in [3.63, 3.8) is 0 Å². The SMILES string of the molecule is CC/C=C\C/C=C\C/C=C\C/C=C\C/C=C\C/C=C\C/C=C\C/C=C\C/C=C\CCCCCC(=O)NC(COC1OC(CO)C(OC2OC(CO)C(OC3OC(CO)C(O)C(O)C3O)C(O)C2O)C(O)C1O)C(O)CCCCCCCCCCCCCCCCCCCCCCCCCCCC. The number of carbonyl (C=O) groups excluding carboxylic acids is 1. The third-order valence-electron chi connectivity index (χ3n) is 19.4. The van der Waals surface area contributed by atoms with E-state index in [1.54, 1.807) is 0 Å². The van der Waals surface area contributed by atoms with E-state index in [0.717, 1.165) is 96.3 Å². The molecule has 3 heterocycles. The number of aliphatic hydroxyl groups excluding tert-OH is 11. The summed E-state index contributed by atoms with van der Waals surface area (Å²) >= 11 is 0. The van der Waals surface area contributed by atoms with Crippen LogP contribution < -0.4 is 5.32 Å². The van der Waals surface area contributed by atoms with Gasteiger partial charge in [0.25, 0.3) is 0 Å². The highest BCUT2D eigenvalue weighted by atomic mass is 16.8. The molecule has 0 aromatic heterocycles. The maximum atomic E-state index is 13.5. The Hall–Kier alpha value is -3.55. The number of hydrogen-bond donors (Lipinski definition) is 12. The summed E-state index contributed by atoms with van der Waals surface area (Å²) in [6.07, 6.45) is 58.8. The van der Waals surface area contributed by atoms with Crippen LogP contribution in [0.3, 0.4) is 0 Å². The van der Waals surface area contributed by atoms with Gasteiger partial charge in [-0.05, 0) is 83.5 Å². The zero-order valence-corrected chi connectivity index (χ0v) is 62.8. The Balaban J connectivity index is 1.40. The van der Waals surface area contributed by atoms with Crippen LogP contribution in [0.2, 0.25) is 0 Å². The standard InChI is InChI=1S/C83H143NO18/c1-3-5-7-9-11-13-15-17-19-21-23-25-27-29-31-32-33-34-35-37-39-41-43-45-47-49-51-53-55-57-59-61-71(89)84-66(67(88)60-58-56-54-52-50-48-46-44-42-40-38-36-30-28-26-24-22-20-18-16-14-12-10-8-6-4-2)65-97-81-77(95)74(92)79(69(63-86)99-81)102-83-78(96)75(93)80(70(64-87)100-83)101-82-76(94)73(91)72(90)68(62-85)98-82/h5,7,11,13,17,19,23,25,29,31,33-34,37,39,43,45,49,51,66-70,72-83,85-88,90-96H,3-4,6,8-10,12,14-16,18,20-22,24,26-28,30,32,35-36,38,40-42,44,46-48,50,52-65H2,1-2H3,(H,84,89)/b7-5-,13-11-,19-17-,25-23-,31-29-,34-33-,39-37-,45-43-,51-49-. The highest BCUT2D eigenvalue weighted by Crippen LogP contribution is 2.33. The van der Waals surface area contributed by atoms with Crippen molar-refractivity contribution in [1.29, 1.82) is 0 Å². The minimum absolute atomic E-state index is 0.219. The number of hydrogen-bond acceptors (Lipinski definition) is 18. The molecule has 588 valence electrons. The van der Waals surface area contributed by atoms with Crippen LogP contribution in [0.5, 0.6) is 0 Å². The van der Waals surface area contributed by atoms with E-state index >= 15 is 0 Å². The molecule has 0 radical (unpaired) electrons. The minimum Gasteiger partial charge on any atom is -0.394 e. The molecule has 0 aromatic rings. The van der Waals surface area contributed by atoms with Crippen molar-refractivity contribution in [2.24, 2.45) is 0 Å². The Bertz CT molecular complexity index is 2270. The molecular weight excluding hydrogens is 1300 g/mol. The van der Waals surface area contributed by atoms with E-state index in [-0.39, 0.29) is 18.9 Å². The van der Waals surface area contributed by atoms with E-state index in [2.05, 4.69) is 129 Å². The molecule has 3 saturated heterocycles. The van der Waals surface area contributed by atoms with E-state index in [9.17, 15) is 61.0 Å². The van der Waals surface area contributed by atoms with Crippen molar-refractivity contribution < 1.29 is 89.4 Å². The zero-order valence-electron chi connectivity index (χ0n) is 62.8. The van der Waals surface area contributed by atoms with Crippen LogP contribution in [-0.2, 0) is 33.2 Å². The molecule has 17 atom stereocenters. The molecular formula is C83H143NO18. The first-order valence-electron chi connectivity index (χ1n) is 40.1. The second-order valence-electron chi connectivity index (χ2n) is 28.2. The number of ether oxygens (including phenoxy) is 6. The van der Waals surface area contributed by atoms with Gasteiger partial charge in [0.2, 0.25) is 5.91 Å². The molecule has 0 aliphatic carbocycles. The Morgan fingerprint density at radius 3 is 1.05 bits per heavy atom. The Morgan fingerprint density at radius 2 is 0.676 bits per heavy atom. The predicted molar refractivity (Wildman–Crippen MR) is 406 cm³/mol. The highest BCUT2D eigenvalue weighted by molar-refractivity contribution is 5.76. The summed E-state index contributed by atoms with van der Waals surface area (Å²) in [5.74, 6) is -0.276. The van der Waals surface area contributed by atoms with Crippen LogP contribution >= 0.6 is 0 Å². The number of aliphatic hydroxyl groups is 11. The summed E-state index contributed by atoms with van der Waals surface area (Å²) < 4.78 is 34.5. The van der Waals surface area contributed by atoms with Crippen LogP contribution in [0.1, 0.15) is 277 Å². The molecule has 17 unspecified atom stereocenters. The van der Waals surface area contributed by atoms with E-state index < -0.39 is 124 Å². The van der Waals surface area contributed by atoms with Crippen LogP contribution in [0, 0.1) is 0 Å². The third kappa shape index (κ3) is 42.1. The molecule has 3 aliphatic heterocycles. The average Bonchev–Trinajstić information content (AvgIpc) is 0.781. The Morgan fingerprint density at radius 1 is 0.363 bits per heavy atom. The molecule has 12 N–H and O–H groups in total. The van der Waals surface area contributed by atoms with Gasteiger partial charge >= 0.3 is 0 Å². The van der Waals surface area contributed by atoms with Gasteiger partial charge in [0.05, 0.1) is 38.6 Å². The smallest absolute Gasteiger partial charge is 0.220 e. The highest BCUT2D eigenvalue weighted by Gasteiger charge is 2.54. The fraction of sp³-hybridized carbons (Fsp3) is 0.771. The fourth-order valence-corrected chi connectivity index (χ4v) is 13.0. The van der Waals surface area contributed by atoms with Crippen LogP contribution in [0.25, 0.3) is 0 Å².